The second kappa shape index (κ2) is 4.93. The van der Waals surface area contributed by atoms with Crippen molar-refractivity contribution in [2.24, 2.45) is 0 Å². The molecule has 0 saturated carbocycles. The summed E-state index contributed by atoms with van der Waals surface area (Å²) >= 11 is 0. The molecule has 0 atom stereocenters. The van der Waals surface area contributed by atoms with Gasteiger partial charge in [-0.25, -0.2) is 0 Å². The van der Waals surface area contributed by atoms with Crippen molar-refractivity contribution in [2.45, 2.75) is 26.3 Å². The smallest absolute Gasteiger partial charge is 0.0521 e. The Balaban J connectivity index is 2.31. The van der Waals surface area contributed by atoms with Gasteiger partial charge in [-0.2, -0.15) is 5.10 Å². The zero-order valence-electron chi connectivity index (χ0n) is 7.79. The number of ether oxygens (including phenoxy) is 1. The van der Waals surface area contributed by atoms with Crippen LogP contribution in [-0.4, -0.2) is 23.5 Å². The van der Waals surface area contributed by atoms with Gasteiger partial charge in [0.1, 0.15) is 0 Å². The molecule has 0 aliphatic carbocycles. The zero-order chi connectivity index (χ0) is 8.81. The first kappa shape index (κ1) is 9.26. The molecule has 0 aliphatic heterocycles. The molecule has 1 heterocycles. The second-order valence-electron chi connectivity index (χ2n) is 2.81. The van der Waals surface area contributed by atoms with Crippen molar-refractivity contribution < 1.29 is 4.74 Å². The van der Waals surface area contributed by atoms with Crippen LogP contribution in [0.15, 0.2) is 12.4 Å². The van der Waals surface area contributed by atoms with Gasteiger partial charge in [0.05, 0.1) is 6.20 Å². The Labute approximate surface area is 73.3 Å². The van der Waals surface area contributed by atoms with E-state index >= 15 is 0 Å². The van der Waals surface area contributed by atoms with Crippen LogP contribution in [0.2, 0.25) is 0 Å². The molecular weight excluding hydrogens is 152 g/mol. The van der Waals surface area contributed by atoms with Crippen molar-refractivity contribution in [2.75, 3.05) is 13.7 Å². The van der Waals surface area contributed by atoms with E-state index in [1.54, 1.807) is 7.11 Å². The molecule has 0 radical (unpaired) electrons. The van der Waals surface area contributed by atoms with Crippen LogP contribution >= 0.6 is 0 Å². The highest BCUT2D eigenvalue weighted by Gasteiger charge is 1.94. The highest BCUT2D eigenvalue weighted by atomic mass is 16.5. The van der Waals surface area contributed by atoms with Gasteiger partial charge in [-0.3, -0.25) is 4.68 Å². The summed E-state index contributed by atoms with van der Waals surface area (Å²) in [6.07, 6.45) is 6.11. The van der Waals surface area contributed by atoms with E-state index in [1.807, 2.05) is 10.9 Å². The quantitative estimate of drug-likeness (QED) is 0.623. The average Bonchev–Trinajstić information content (AvgIpc) is 2.53. The molecule has 0 aromatic carbocycles. The highest BCUT2D eigenvalue weighted by molar-refractivity contribution is 5.02. The minimum Gasteiger partial charge on any atom is -0.385 e. The van der Waals surface area contributed by atoms with Crippen LogP contribution in [0.5, 0.6) is 0 Å². The SMILES string of the molecule is CCc1cnn(CCCOC)c1. The fourth-order valence-corrected chi connectivity index (χ4v) is 1.08. The second-order valence-corrected chi connectivity index (χ2v) is 2.81. The Hall–Kier alpha value is -0.830. The minimum absolute atomic E-state index is 0.807. The largest absolute Gasteiger partial charge is 0.385 e. The third-order valence-electron chi connectivity index (χ3n) is 1.83. The van der Waals surface area contributed by atoms with Crippen molar-refractivity contribution >= 4 is 0 Å². The summed E-state index contributed by atoms with van der Waals surface area (Å²) in [5.74, 6) is 0. The zero-order valence-corrected chi connectivity index (χ0v) is 7.79. The first-order valence-corrected chi connectivity index (χ1v) is 4.37. The summed E-state index contributed by atoms with van der Waals surface area (Å²) in [6, 6.07) is 0. The van der Waals surface area contributed by atoms with Crippen molar-refractivity contribution in [1.29, 1.82) is 0 Å². The average molecular weight is 168 g/mol. The van der Waals surface area contributed by atoms with E-state index in [9.17, 15) is 0 Å². The van der Waals surface area contributed by atoms with Gasteiger partial charge < -0.3 is 4.74 Å². The van der Waals surface area contributed by atoms with Crippen molar-refractivity contribution in [3.05, 3.63) is 18.0 Å². The summed E-state index contributed by atoms with van der Waals surface area (Å²) in [5, 5.41) is 4.22. The molecule has 0 N–H and O–H groups in total. The molecule has 1 aromatic rings. The van der Waals surface area contributed by atoms with Gasteiger partial charge in [0.25, 0.3) is 0 Å². The minimum atomic E-state index is 0.807. The molecule has 0 aliphatic rings. The van der Waals surface area contributed by atoms with Crippen LogP contribution < -0.4 is 0 Å². The Morgan fingerprint density at radius 1 is 1.58 bits per heavy atom. The third kappa shape index (κ3) is 2.66. The molecule has 0 fully saturated rings. The lowest BCUT2D eigenvalue weighted by atomic mass is 10.3. The maximum atomic E-state index is 4.96. The Bertz CT molecular complexity index is 220. The standard InChI is InChI=1S/C9H16N2O/c1-3-9-7-10-11(8-9)5-4-6-12-2/h7-8H,3-6H2,1-2H3. The van der Waals surface area contributed by atoms with Gasteiger partial charge in [-0.05, 0) is 18.4 Å². The van der Waals surface area contributed by atoms with Gasteiger partial charge in [0.2, 0.25) is 0 Å². The van der Waals surface area contributed by atoms with E-state index < -0.39 is 0 Å². The highest BCUT2D eigenvalue weighted by Crippen LogP contribution is 1.98. The van der Waals surface area contributed by atoms with E-state index in [-0.39, 0.29) is 0 Å². The molecule has 0 saturated heterocycles. The van der Waals surface area contributed by atoms with E-state index in [1.165, 1.54) is 5.56 Å². The van der Waals surface area contributed by atoms with Crippen LogP contribution in [0.1, 0.15) is 18.9 Å². The number of rotatable bonds is 5. The molecule has 1 rings (SSSR count). The van der Waals surface area contributed by atoms with Crippen LogP contribution in [-0.2, 0) is 17.7 Å². The molecule has 0 unspecified atom stereocenters. The predicted octanol–water partition coefficient (Wildman–Crippen LogP) is 1.48. The van der Waals surface area contributed by atoms with Gasteiger partial charge >= 0.3 is 0 Å². The van der Waals surface area contributed by atoms with Crippen LogP contribution in [0.3, 0.4) is 0 Å². The first-order chi connectivity index (χ1) is 5.86. The molecule has 3 nitrogen and oxygen atoms in total. The summed E-state index contributed by atoms with van der Waals surface area (Å²) in [5.41, 5.74) is 1.30. The lowest BCUT2D eigenvalue weighted by molar-refractivity contribution is 0.189. The van der Waals surface area contributed by atoms with E-state index in [4.69, 9.17) is 4.74 Å². The van der Waals surface area contributed by atoms with Gasteiger partial charge in [-0.1, -0.05) is 6.92 Å². The van der Waals surface area contributed by atoms with Crippen LogP contribution in [0, 0.1) is 0 Å². The molecule has 0 amide bonds. The van der Waals surface area contributed by atoms with Crippen molar-refractivity contribution in [3.63, 3.8) is 0 Å². The number of hydrogen-bond acceptors (Lipinski definition) is 2. The Kier molecular flexibility index (Phi) is 3.80. The van der Waals surface area contributed by atoms with E-state index in [2.05, 4.69) is 18.2 Å². The van der Waals surface area contributed by atoms with Crippen LogP contribution in [0.4, 0.5) is 0 Å². The summed E-state index contributed by atoms with van der Waals surface area (Å²) in [6.45, 7) is 3.89. The number of methoxy groups -OCH3 is 1. The number of aromatic nitrogens is 2. The molecule has 0 spiro atoms. The molecule has 3 heteroatoms. The number of hydrogen-bond donors (Lipinski definition) is 0. The maximum Gasteiger partial charge on any atom is 0.0521 e. The fourth-order valence-electron chi connectivity index (χ4n) is 1.08. The Morgan fingerprint density at radius 2 is 2.42 bits per heavy atom. The molecule has 68 valence electrons. The lowest BCUT2D eigenvalue weighted by Gasteiger charge is -1.99. The Morgan fingerprint density at radius 3 is 3.00 bits per heavy atom. The van der Waals surface area contributed by atoms with E-state index in [0.29, 0.717) is 0 Å². The van der Waals surface area contributed by atoms with Gasteiger partial charge in [0.15, 0.2) is 0 Å². The summed E-state index contributed by atoms with van der Waals surface area (Å²) < 4.78 is 6.93. The fraction of sp³-hybridized carbons (Fsp3) is 0.667. The van der Waals surface area contributed by atoms with Gasteiger partial charge in [0, 0.05) is 26.5 Å². The van der Waals surface area contributed by atoms with Gasteiger partial charge in [-0.15, -0.1) is 0 Å². The third-order valence-corrected chi connectivity index (χ3v) is 1.83. The monoisotopic (exact) mass is 168 g/mol. The summed E-state index contributed by atoms with van der Waals surface area (Å²) in [4.78, 5) is 0. The maximum absolute atomic E-state index is 4.96. The van der Waals surface area contributed by atoms with Crippen LogP contribution in [0.25, 0.3) is 0 Å². The number of aryl methyl sites for hydroxylation is 2. The van der Waals surface area contributed by atoms with Crippen molar-refractivity contribution in [1.82, 2.24) is 9.78 Å². The molecule has 1 aromatic heterocycles. The number of nitrogens with zero attached hydrogens (tertiary/aromatic N) is 2. The predicted molar refractivity (Wildman–Crippen MR) is 48.1 cm³/mol. The van der Waals surface area contributed by atoms with Crippen molar-refractivity contribution in [3.8, 4) is 0 Å². The molecule has 0 bridgehead atoms. The normalized spacial score (nSPS) is 10.5. The first-order valence-electron chi connectivity index (χ1n) is 4.37. The molecule has 12 heavy (non-hydrogen) atoms. The molecular formula is C9H16N2O. The van der Waals surface area contributed by atoms with E-state index in [0.717, 1.165) is 26.0 Å². The lowest BCUT2D eigenvalue weighted by Crippen LogP contribution is -2.01. The summed E-state index contributed by atoms with van der Waals surface area (Å²) in [7, 11) is 1.72. The topological polar surface area (TPSA) is 27.1 Å².